The second-order valence-electron chi connectivity index (χ2n) is 3.55. The van der Waals surface area contributed by atoms with Gasteiger partial charge in [0.15, 0.2) is 18.2 Å². The number of Topliss-reactive ketones (excluding diaryl/α,β-unsaturated/α-hetero) is 1. The van der Waals surface area contributed by atoms with E-state index in [1.165, 1.54) is 11.3 Å². The minimum Gasteiger partial charge on any atom is -0.294 e. The average Bonchev–Trinajstić information content (AvgIpc) is 2.56. The Morgan fingerprint density at radius 3 is 2.44 bits per heavy atom. The minimum atomic E-state index is 0.0978. The molecule has 82 valence electrons. The van der Waals surface area contributed by atoms with Crippen LogP contribution in [0.5, 0.6) is 0 Å². The largest absolute Gasteiger partial charge is 0.294 e. The van der Waals surface area contributed by atoms with Gasteiger partial charge in [-0.15, -0.1) is 24.0 Å². The molecule has 2 rings (SSSR count). The van der Waals surface area contributed by atoms with E-state index >= 15 is 0 Å². The predicted molar refractivity (Wildman–Crippen MR) is 67.8 cm³/mol. The topological polar surface area (TPSA) is 20.9 Å². The summed E-state index contributed by atoms with van der Waals surface area (Å²) >= 11 is 5.88. The van der Waals surface area contributed by atoms with Gasteiger partial charge in [0.1, 0.15) is 4.21 Å². The molecule has 2 aromatic heterocycles. The molecule has 2 aromatic rings. The molecule has 0 atom stereocenters. The third-order valence-corrected chi connectivity index (χ3v) is 4.06. The maximum atomic E-state index is 11.4. The number of thiophene rings is 1. The van der Waals surface area contributed by atoms with Crippen molar-refractivity contribution >= 4 is 29.7 Å². The van der Waals surface area contributed by atoms with Crippen molar-refractivity contribution in [3.63, 3.8) is 0 Å². The monoisotopic (exact) mass is 250 g/mol. The van der Waals surface area contributed by atoms with Gasteiger partial charge in [0.25, 0.3) is 0 Å². The smallest absolute Gasteiger partial charge is 0.238 e. The third-order valence-electron chi connectivity index (χ3n) is 2.39. The zero-order valence-corrected chi connectivity index (χ0v) is 10.8. The highest BCUT2D eigenvalue weighted by Gasteiger charge is 2.22. The first-order valence-electron chi connectivity index (χ1n) is 4.91. The van der Waals surface area contributed by atoms with Gasteiger partial charge in [-0.05, 0) is 13.8 Å². The lowest BCUT2D eigenvalue weighted by Gasteiger charge is -1.95. The first-order chi connectivity index (χ1) is 7.61. The molecule has 2 nitrogen and oxygen atoms in total. The first-order valence-corrected chi connectivity index (χ1v) is 6.17. The number of thiol groups is 1. The number of carbonyl (C=O) groups excluding carboxylic acids is 1. The van der Waals surface area contributed by atoms with Crippen LogP contribution in [0, 0.1) is 6.92 Å². The Morgan fingerprint density at radius 2 is 1.94 bits per heavy atom. The quantitative estimate of drug-likeness (QED) is 0.494. The molecule has 2 heterocycles. The second-order valence-corrected chi connectivity index (χ2v) is 5.32. The van der Waals surface area contributed by atoms with E-state index < -0.39 is 0 Å². The van der Waals surface area contributed by atoms with Crippen molar-refractivity contribution in [2.45, 2.75) is 18.1 Å². The van der Waals surface area contributed by atoms with Gasteiger partial charge in [0, 0.05) is 17.7 Å². The molecule has 0 aliphatic heterocycles. The van der Waals surface area contributed by atoms with Crippen LogP contribution in [0.4, 0.5) is 0 Å². The molecule has 0 saturated heterocycles. The number of nitrogens with zero attached hydrogens (tertiary/aromatic N) is 1. The van der Waals surface area contributed by atoms with Crippen LogP contribution in [0.2, 0.25) is 0 Å². The maximum absolute atomic E-state index is 11.4. The molecule has 0 radical (unpaired) electrons. The molecule has 0 bridgehead atoms. The molecule has 0 saturated carbocycles. The van der Waals surface area contributed by atoms with Crippen LogP contribution in [0.15, 0.2) is 34.8 Å². The molecular weight excluding hydrogens is 238 g/mol. The number of pyridine rings is 1. The van der Waals surface area contributed by atoms with E-state index in [0.717, 1.165) is 20.3 Å². The van der Waals surface area contributed by atoms with Gasteiger partial charge in [-0.1, -0.05) is 6.07 Å². The highest BCUT2D eigenvalue weighted by Crippen LogP contribution is 2.31. The van der Waals surface area contributed by atoms with E-state index in [-0.39, 0.29) is 5.78 Å². The van der Waals surface area contributed by atoms with Crippen LogP contribution in [0.25, 0.3) is 5.69 Å². The summed E-state index contributed by atoms with van der Waals surface area (Å²) in [6.07, 6.45) is 3.91. The summed E-state index contributed by atoms with van der Waals surface area (Å²) in [5.74, 6) is 0.0978. The molecule has 0 spiro atoms. The van der Waals surface area contributed by atoms with Gasteiger partial charge < -0.3 is 0 Å². The van der Waals surface area contributed by atoms with Crippen molar-refractivity contribution in [3.05, 3.63) is 41.0 Å². The zero-order valence-electron chi connectivity index (χ0n) is 9.10. The Morgan fingerprint density at radius 1 is 1.31 bits per heavy atom. The number of hydrogen-bond donors (Lipinski definition) is 1. The van der Waals surface area contributed by atoms with Crippen LogP contribution in [0.3, 0.4) is 0 Å². The van der Waals surface area contributed by atoms with E-state index in [0.29, 0.717) is 0 Å². The Kier molecular flexibility index (Phi) is 3.12. The van der Waals surface area contributed by atoms with E-state index in [9.17, 15) is 4.79 Å². The maximum Gasteiger partial charge on any atom is 0.238 e. The van der Waals surface area contributed by atoms with Crippen LogP contribution in [-0.2, 0) is 0 Å². The van der Waals surface area contributed by atoms with Gasteiger partial charge in [0.05, 0.1) is 4.88 Å². The summed E-state index contributed by atoms with van der Waals surface area (Å²) in [5, 5.41) is 0. The Balaban J connectivity index is 2.63. The lowest BCUT2D eigenvalue weighted by molar-refractivity contribution is -0.598. The molecule has 4 heteroatoms. The van der Waals surface area contributed by atoms with Crippen molar-refractivity contribution in [2.75, 3.05) is 0 Å². The van der Waals surface area contributed by atoms with Gasteiger partial charge in [-0.3, -0.25) is 4.79 Å². The summed E-state index contributed by atoms with van der Waals surface area (Å²) < 4.78 is 2.86. The van der Waals surface area contributed by atoms with Crippen molar-refractivity contribution in [1.82, 2.24) is 0 Å². The van der Waals surface area contributed by atoms with Gasteiger partial charge >= 0.3 is 0 Å². The number of hydrogen-bond acceptors (Lipinski definition) is 3. The summed E-state index contributed by atoms with van der Waals surface area (Å²) in [6.45, 7) is 3.55. The Bertz CT molecular complexity index is 531. The Hall–Kier alpha value is -1.13. The lowest BCUT2D eigenvalue weighted by atomic mass is 10.2. The fraction of sp³-hybridized carbons (Fsp3) is 0.167. The lowest BCUT2D eigenvalue weighted by Crippen LogP contribution is -2.29. The van der Waals surface area contributed by atoms with E-state index in [2.05, 4.69) is 12.6 Å². The summed E-state index contributed by atoms with van der Waals surface area (Å²) in [7, 11) is 0. The van der Waals surface area contributed by atoms with E-state index in [1.807, 2.05) is 42.1 Å². The van der Waals surface area contributed by atoms with Crippen LogP contribution < -0.4 is 4.57 Å². The van der Waals surface area contributed by atoms with Crippen LogP contribution in [0.1, 0.15) is 22.2 Å². The van der Waals surface area contributed by atoms with Crippen molar-refractivity contribution in [2.24, 2.45) is 0 Å². The van der Waals surface area contributed by atoms with Gasteiger partial charge in [-0.25, -0.2) is 0 Å². The first kappa shape index (κ1) is 11.4. The fourth-order valence-corrected chi connectivity index (χ4v) is 3.18. The number of carbonyl (C=O) groups is 1. The molecular formula is C12H12NOS2+. The molecule has 0 fully saturated rings. The average molecular weight is 250 g/mol. The molecule has 0 N–H and O–H groups in total. The number of aromatic nitrogens is 1. The summed E-state index contributed by atoms with van der Waals surface area (Å²) in [5.41, 5.74) is 2.00. The molecule has 0 amide bonds. The molecule has 0 aliphatic carbocycles. The van der Waals surface area contributed by atoms with E-state index in [1.54, 1.807) is 6.92 Å². The second kappa shape index (κ2) is 4.39. The molecule has 0 aromatic carbocycles. The summed E-state index contributed by atoms with van der Waals surface area (Å²) in [6, 6.07) is 5.87. The van der Waals surface area contributed by atoms with E-state index in [4.69, 9.17) is 0 Å². The standard InChI is InChI=1S/C12H11NOS2/c1-8-10(13-6-4-3-5-7-13)12(15)16-11(8)9(2)14/h3-7H,1-2H3/p+1. The molecule has 0 aliphatic rings. The Labute approximate surface area is 104 Å². The highest BCUT2D eigenvalue weighted by molar-refractivity contribution is 7.83. The van der Waals surface area contributed by atoms with Crippen LogP contribution in [-0.4, -0.2) is 5.78 Å². The zero-order chi connectivity index (χ0) is 11.7. The van der Waals surface area contributed by atoms with Gasteiger partial charge in [0.2, 0.25) is 5.69 Å². The van der Waals surface area contributed by atoms with Crippen molar-refractivity contribution in [1.29, 1.82) is 0 Å². The third kappa shape index (κ3) is 1.90. The SMILES string of the molecule is CC(=O)c1sc(S)c(-[n+]2ccccc2)c1C. The minimum absolute atomic E-state index is 0.0978. The number of ketones is 1. The molecule has 16 heavy (non-hydrogen) atoms. The summed E-state index contributed by atoms with van der Waals surface area (Å²) in [4.78, 5) is 12.2. The highest BCUT2D eigenvalue weighted by atomic mass is 32.2. The number of rotatable bonds is 2. The van der Waals surface area contributed by atoms with Crippen molar-refractivity contribution < 1.29 is 9.36 Å². The van der Waals surface area contributed by atoms with Crippen LogP contribution >= 0.6 is 24.0 Å². The normalized spacial score (nSPS) is 10.4. The fourth-order valence-electron chi connectivity index (χ4n) is 1.68. The molecule has 0 unspecified atom stereocenters. The predicted octanol–water partition coefficient (Wildman–Crippen LogP) is 2.82. The van der Waals surface area contributed by atoms with Gasteiger partial charge in [-0.2, -0.15) is 4.57 Å². The van der Waals surface area contributed by atoms with Crippen molar-refractivity contribution in [3.8, 4) is 5.69 Å².